The molecule has 12 heteroatoms. The summed E-state index contributed by atoms with van der Waals surface area (Å²) in [6.07, 6.45) is 2.55. The molecule has 1 aromatic carbocycles. The number of rotatable bonds is 6. The monoisotopic (exact) mass is 509 g/mol. The fourth-order valence-corrected chi connectivity index (χ4v) is 4.55. The van der Waals surface area contributed by atoms with Crippen molar-refractivity contribution in [1.29, 1.82) is 0 Å². The number of hydrogen-bond donors (Lipinski definition) is 2. The molecule has 37 heavy (non-hydrogen) atoms. The van der Waals surface area contributed by atoms with Gasteiger partial charge in [0.2, 0.25) is 5.95 Å². The zero-order chi connectivity index (χ0) is 26.3. The summed E-state index contributed by atoms with van der Waals surface area (Å²) in [5.74, 6) is -1.14. The van der Waals surface area contributed by atoms with E-state index >= 15 is 0 Å². The van der Waals surface area contributed by atoms with Crippen molar-refractivity contribution in [1.82, 2.24) is 24.5 Å². The van der Waals surface area contributed by atoms with E-state index in [9.17, 15) is 18.7 Å². The number of morpholine rings is 1. The molecule has 1 aliphatic heterocycles. The number of imidazole rings is 1. The van der Waals surface area contributed by atoms with Crippen molar-refractivity contribution in [3.8, 4) is 11.3 Å². The average molecular weight is 510 g/mol. The van der Waals surface area contributed by atoms with Crippen molar-refractivity contribution in [3.63, 3.8) is 0 Å². The molecule has 5 rings (SSSR count). The highest BCUT2D eigenvalue weighted by molar-refractivity contribution is 5.83. The fourth-order valence-electron chi connectivity index (χ4n) is 4.55. The largest absolute Gasteiger partial charge is 0.480 e. The van der Waals surface area contributed by atoms with E-state index in [0.29, 0.717) is 36.0 Å². The number of benzene rings is 1. The van der Waals surface area contributed by atoms with Crippen LogP contribution in [0.3, 0.4) is 0 Å². The van der Waals surface area contributed by atoms with Crippen molar-refractivity contribution in [2.45, 2.75) is 32.9 Å². The van der Waals surface area contributed by atoms with Crippen LogP contribution in [0.15, 0.2) is 36.7 Å². The van der Waals surface area contributed by atoms with Gasteiger partial charge in [-0.2, -0.15) is 0 Å². The highest BCUT2D eigenvalue weighted by Gasteiger charge is 2.29. The number of carboxylic acids is 1. The number of fused-ring (bicyclic) bond motifs is 1. The van der Waals surface area contributed by atoms with Crippen LogP contribution in [0.5, 0.6) is 0 Å². The van der Waals surface area contributed by atoms with Gasteiger partial charge in [0.1, 0.15) is 22.9 Å². The molecule has 192 valence electrons. The zero-order valence-corrected chi connectivity index (χ0v) is 20.4. The number of hydrogen-bond acceptors (Lipinski definition) is 8. The van der Waals surface area contributed by atoms with Crippen LogP contribution in [0.2, 0.25) is 0 Å². The van der Waals surface area contributed by atoms with Gasteiger partial charge < -0.3 is 24.6 Å². The minimum absolute atomic E-state index is 0.0319. The Balaban J connectivity index is 1.43. The Morgan fingerprint density at radius 1 is 1.16 bits per heavy atom. The first-order valence-corrected chi connectivity index (χ1v) is 11.7. The summed E-state index contributed by atoms with van der Waals surface area (Å²) in [5, 5.41) is 12.4. The first-order valence-electron chi connectivity index (χ1n) is 11.7. The van der Waals surface area contributed by atoms with Crippen molar-refractivity contribution in [3.05, 3.63) is 54.1 Å². The number of halogens is 2. The topological polar surface area (TPSA) is 118 Å². The predicted octanol–water partition coefficient (Wildman–Crippen LogP) is 4.09. The minimum atomic E-state index is -0.977. The number of nitrogens with zero attached hydrogens (tertiary/aromatic N) is 6. The van der Waals surface area contributed by atoms with E-state index < -0.39 is 23.6 Å². The van der Waals surface area contributed by atoms with Gasteiger partial charge in [-0.05, 0) is 45.0 Å². The molecule has 0 saturated carbocycles. The highest BCUT2D eigenvalue weighted by Crippen LogP contribution is 2.30. The van der Waals surface area contributed by atoms with Crippen molar-refractivity contribution in [2.24, 2.45) is 0 Å². The quantitative estimate of drug-likeness (QED) is 0.396. The molecule has 0 spiro atoms. The van der Waals surface area contributed by atoms with Gasteiger partial charge in [0, 0.05) is 18.2 Å². The standard InChI is InChI=1S/C25H25F2N7O3/c1-13(2)34-14(3)30-23-17(26)8-15(9-19(23)34)22-18(27)11-29-25(32-22)31-21-5-4-16(10-28-21)33-6-7-37-12-20(33)24(35)36/h4-5,8-11,13,20H,6-7,12H2,1-3H3,(H,35,36)(H,28,29,31,32). The number of ether oxygens (including phenoxy) is 1. The number of aliphatic carboxylic acids is 1. The third-order valence-electron chi connectivity index (χ3n) is 6.19. The molecular weight excluding hydrogens is 484 g/mol. The van der Waals surface area contributed by atoms with Gasteiger partial charge in [-0.25, -0.2) is 33.5 Å². The molecule has 1 aliphatic rings. The summed E-state index contributed by atoms with van der Waals surface area (Å²) in [6, 6.07) is 5.48. The maximum Gasteiger partial charge on any atom is 0.328 e. The van der Waals surface area contributed by atoms with E-state index in [1.54, 1.807) is 30.0 Å². The highest BCUT2D eigenvalue weighted by atomic mass is 19.1. The molecule has 0 aliphatic carbocycles. The number of carboxylic acid groups (broad SMARTS) is 1. The Hall–Kier alpha value is -4.19. The summed E-state index contributed by atoms with van der Waals surface area (Å²) in [6.45, 7) is 6.65. The van der Waals surface area contributed by atoms with Gasteiger partial charge >= 0.3 is 5.97 Å². The Morgan fingerprint density at radius 3 is 2.68 bits per heavy atom. The van der Waals surface area contributed by atoms with Crippen LogP contribution in [0.25, 0.3) is 22.3 Å². The van der Waals surface area contributed by atoms with Gasteiger partial charge in [0.05, 0.1) is 36.8 Å². The third-order valence-corrected chi connectivity index (χ3v) is 6.19. The Labute approximate surface area is 211 Å². The zero-order valence-electron chi connectivity index (χ0n) is 20.4. The summed E-state index contributed by atoms with van der Waals surface area (Å²) in [5.41, 5.74) is 1.59. The molecule has 4 heterocycles. The summed E-state index contributed by atoms with van der Waals surface area (Å²) in [4.78, 5) is 30.2. The maximum atomic E-state index is 14.9. The van der Waals surface area contributed by atoms with Gasteiger partial charge in [-0.3, -0.25) is 0 Å². The Kier molecular flexibility index (Phi) is 6.42. The third kappa shape index (κ3) is 4.67. The van der Waals surface area contributed by atoms with Crippen LogP contribution < -0.4 is 10.2 Å². The lowest BCUT2D eigenvalue weighted by Gasteiger charge is -2.34. The summed E-state index contributed by atoms with van der Waals surface area (Å²) < 4.78 is 36.9. The van der Waals surface area contributed by atoms with Crippen molar-refractivity contribution < 1.29 is 23.4 Å². The van der Waals surface area contributed by atoms with Crippen LogP contribution in [-0.2, 0) is 9.53 Å². The second kappa shape index (κ2) is 9.69. The Morgan fingerprint density at radius 2 is 1.97 bits per heavy atom. The molecule has 1 saturated heterocycles. The van der Waals surface area contributed by atoms with Crippen LogP contribution in [0.4, 0.5) is 26.2 Å². The molecular formula is C25H25F2N7O3. The molecule has 0 radical (unpaired) electrons. The van der Waals surface area contributed by atoms with Crippen LogP contribution in [-0.4, -0.2) is 61.4 Å². The smallest absolute Gasteiger partial charge is 0.328 e. The first-order chi connectivity index (χ1) is 17.7. The van der Waals surface area contributed by atoms with Gasteiger partial charge in [0.15, 0.2) is 17.7 Å². The predicted molar refractivity (Wildman–Crippen MR) is 133 cm³/mol. The van der Waals surface area contributed by atoms with Gasteiger partial charge in [-0.15, -0.1) is 0 Å². The van der Waals surface area contributed by atoms with Crippen LogP contribution in [0, 0.1) is 18.6 Å². The molecule has 3 aromatic heterocycles. The minimum Gasteiger partial charge on any atom is -0.480 e. The average Bonchev–Trinajstić information content (AvgIpc) is 3.22. The summed E-state index contributed by atoms with van der Waals surface area (Å²) in [7, 11) is 0. The number of pyridine rings is 1. The fraction of sp³-hybridized carbons (Fsp3) is 0.320. The van der Waals surface area contributed by atoms with Crippen LogP contribution >= 0.6 is 0 Å². The van der Waals surface area contributed by atoms with Gasteiger partial charge in [0.25, 0.3) is 0 Å². The Bertz CT molecular complexity index is 1470. The lowest BCUT2D eigenvalue weighted by molar-refractivity contribution is -0.141. The number of anilines is 3. The van der Waals surface area contributed by atoms with E-state index in [4.69, 9.17) is 4.74 Å². The normalized spacial score (nSPS) is 15.9. The van der Waals surface area contributed by atoms with E-state index in [0.717, 1.165) is 6.20 Å². The molecule has 0 bridgehead atoms. The molecule has 1 unspecified atom stereocenters. The lowest BCUT2D eigenvalue weighted by Crippen LogP contribution is -2.50. The number of aryl methyl sites for hydroxylation is 1. The second-order valence-corrected chi connectivity index (χ2v) is 8.99. The molecule has 1 atom stereocenters. The maximum absolute atomic E-state index is 14.9. The SMILES string of the molecule is Cc1nc2c(F)cc(-c3nc(Nc4ccc(N5CCOCC5C(=O)O)cn4)ncc3F)cc2n1C(C)C. The van der Waals surface area contributed by atoms with E-state index in [1.807, 2.05) is 18.4 Å². The van der Waals surface area contributed by atoms with Crippen molar-refractivity contribution >= 4 is 34.5 Å². The van der Waals surface area contributed by atoms with E-state index in [2.05, 4.69) is 25.3 Å². The van der Waals surface area contributed by atoms with E-state index in [-0.39, 0.29) is 35.4 Å². The number of aromatic nitrogens is 5. The van der Waals surface area contributed by atoms with Crippen LogP contribution in [0.1, 0.15) is 25.7 Å². The summed E-state index contributed by atoms with van der Waals surface area (Å²) >= 11 is 0. The molecule has 2 N–H and O–H groups in total. The van der Waals surface area contributed by atoms with Crippen molar-refractivity contribution in [2.75, 3.05) is 30.0 Å². The molecule has 0 amide bonds. The van der Waals surface area contributed by atoms with Gasteiger partial charge in [-0.1, -0.05) is 0 Å². The molecule has 10 nitrogen and oxygen atoms in total. The number of nitrogens with one attached hydrogen (secondary N) is 1. The van der Waals surface area contributed by atoms with E-state index in [1.165, 1.54) is 12.3 Å². The first kappa shape index (κ1) is 24.5. The second-order valence-electron chi connectivity index (χ2n) is 8.99. The molecule has 1 fully saturated rings. The molecule has 4 aromatic rings. The lowest BCUT2D eigenvalue weighted by atomic mass is 10.1. The number of carbonyl (C=O) groups is 1.